The van der Waals surface area contributed by atoms with Gasteiger partial charge in [0.05, 0.1) is 18.9 Å². The molecule has 0 aromatic heterocycles. The second-order valence-electron chi connectivity index (χ2n) is 4.61. The van der Waals surface area contributed by atoms with Gasteiger partial charge in [0.2, 0.25) is 0 Å². The van der Waals surface area contributed by atoms with Gasteiger partial charge in [0.25, 0.3) is 0 Å². The highest BCUT2D eigenvalue weighted by atomic mass is 19.1. The quantitative estimate of drug-likeness (QED) is 0.924. The number of anilines is 2. The highest BCUT2D eigenvalue weighted by Crippen LogP contribution is 2.36. The van der Waals surface area contributed by atoms with Gasteiger partial charge >= 0.3 is 0 Å². The molecule has 2 aromatic rings. The van der Waals surface area contributed by atoms with E-state index in [-0.39, 0.29) is 5.82 Å². The molecule has 106 valence electrons. The van der Waals surface area contributed by atoms with Crippen molar-refractivity contribution < 1.29 is 14.2 Å². The first-order valence-corrected chi connectivity index (χ1v) is 6.39. The van der Waals surface area contributed by atoms with Gasteiger partial charge in [0.15, 0.2) is 0 Å². The zero-order chi connectivity index (χ0) is 14.7. The van der Waals surface area contributed by atoms with Crippen LogP contribution in [0.25, 0.3) is 0 Å². The van der Waals surface area contributed by atoms with Crippen molar-refractivity contribution in [2.24, 2.45) is 0 Å². The van der Waals surface area contributed by atoms with E-state index in [4.69, 9.17) is 4.74 Å². The molecule has 1 unspecified atom stereocenters. The highest BCUT2D eigenvalue weighted by Gasteiger charge is 2.16. The van der Waals surface area contributed by atoms with Gasteiger partial charge in [-0.15, -0.1) is 0 Å². The molecule has 0 saturated carbocycles. The monoisotopic (exact) mass is 275 g/mol. The number of methoxy groups -OCH3 is 1. The van der Waals surface area contributed by atoms with E-state index in [0.717, 1.165) is 17.1 Å². The molecule has 0 amide bonds. The Morgan fingerprint density at radius 3 is 2.50 bits per heavy atom. The molecule has 1 atom stereocenters. The van der Waals surface area contributed by atoms with Crippen LogP contribution in [0, 0.1) is 5.82 Å². The van der Waals surface area contributed by atoms with Crippen LogP contribution in [0.5, 0.6) is 5.75 Å². The third-order valence-corrected chi connectivity index (χ3v) is 3.25. The summed E-state index contributed by atoms with van der Waals surface area (Å²) in [6, 6.07) is 11.9. The van der Waals surface area contributed by atoms with Crippen LogP contribution in [-0.4, -0.2) is 19.3 Å². The lowest BCUT2D eigenvalue weighted by Crippen LogP contribution is -2.14. The number of aliphatic hydroxyl groups excluding tert-OH is 1. The van der Waals surface area contributed by atoms with Crippen molar-refractivity contribution in [3.05, 3.63) is 53.8 Å². The van der Waals surface area contributed by atoms with Gasteiger partial charge in [-0.1, -0.05) is 12.1 Å². The Kier molecular flexibility index (Phi) is 4.25. The Hall–Kier alpha value is -2.07. The molecule has 1 N–H and O–H groups in total. The molecule has 0 heterocycles. The van der Waals surface area contributed by atoms with Crippen molar-refractivity contribution in [1.29, 1.82) is 0 Å². The van der Waals surface area contributed by atoms with Gasteiger partial charge in [-0.05, 0) is 37.3 Å². The number of aliphatic hydroxyl groups is 1. The Morgan fingerprint density at radius 2 is 1.85 bits per heavy atom. The number of hydrogen-bond acceptors (Lipinski definition) is 3. The Labute approximate surface area is 118 Å². The largest absolute Gasteiger partial charge is 0.495 e. The summed E-state index contributed by atoms with van der Waals surface area (Å²) in [5, 5.41) is 9.83. The van der Waals surface area contributed by atoms with Crippen LogP contribution in [0.4, 0.5) is 15.8 Å². The molecule has 0 saturated heterocycles. The molecule has 4 heteroatoms. The van der Waals surface area contributed by atoms with E-state index in [1.165, 1.54) is 12.1 Å². The molecule has 0 spiro atoms. The second-order valence-corrected chi connectivity index (χ2v) is 4.61. The van der Waals surface area contributed by atoms with Crippen molar-refractivity contribution in [3.8, 4) is 5.75 Å². The molecular weight excluding hydrogens is 257 g/mol. The smallest absolute Gasteiger partial charge is 0.142 e. The van der Waals surface area contributed by atoms with Crippen molar-refractivity contribution >= 4 is 11.4 Å². The summed E-state index contributed by atoms with van der Waals surface area (Å²) in [5.41, 5.74) is 2.13. The predicted octanol–water partition coefficient (Wildman–Crippen LogP) is 3.66. The number of ether oxygens (including phenoxy) is 1. The summed E-state index contributed by atoms with van der Waals surface area (Å²) in [6.45, 7) is 1.62. The Balaban J connectivity index is 2.50. The lowest BCUT2D eigenvalue weighted by molar-refractivity contribution is 0.199. The van der Waals surface area contributed by atoms with Gasteiger partial charge in [-0.25, -0.2) is 4.39 Å². The summed E-state index contributed by atoms with van der Waals surface area (Å²) in [4.78, 5) is 1.88. The molecule has 3 nitrogen and oxygen atoms in total. The first-order chi connectivity index (χ1) is 9.54. The van der Waals surface area contributed by atoms with Gasteiger partial charge < -0.3 is 14.7 Å². The van der Waals surface area contributed by atoms with Gasteiger partial charge in [-0.3, -0.25) is 0 Å². The maximum atomic E-state index is 13.4. The number of halogens is 1. The first-order valence-electron chi connectivity index (χ1n) is 6.39. The van der Waals surface area contributed by atoms with Crippen LogP contribution in [0.2, 0.25) is 0 Å². The zero-order valence-electron chi connectivity index (χ0n) is 11.8. The molecule has 0 aliphatic rings. The molecule has 2 rings (SSSR count). The van der Waals surface area contributed by atoms with E-state index in [0.29, 0.717) is 5.56 Å². The van der Waals surface area contributed by atoms with Crippen molar-refractivity contribution in [2.45, 2.75) is 13.0 Å². The molecule has 0 bridgehead atoms. The van der Waals surface area contributed by atoms with Crippen molar-refractivity contribution in [2.75, 3.05) is 19.1 Å². The van der Waals surface area contributed by atoms with Crippen LogP contribution < -0.4 is 9.64 Å². The van der Waals surface area contributed by atoms with Crippen molar-refractivity contribution in [1.82, 2.24) is 0 Å². The predicted molar refractivity (Wildman–Crippen MR) is 78.1 cm³/mol. The fourth-order valence-corrected chi connectivity index (χ4v) is 2.20. The molecule has 0 aliphatic heterocycles. The minimum atomic E-state index is -0.752. The SMILES string of the molecule is COc1ccccc1N(C)c1ccc(F)cc1C(C)O. The van der Waals surface area contributed by atoms with Gasteiger partial charge in [-0.2, -0.15) is 0 Å². The van der Waals surface area contributed by atoms with E-state index in [9.17, 15) is 9.50 Å². The maximum absolute atomic E-state index is 13.4. The van der Waals surface area contributed by atoms with Gasteiger partial charge in [0, 0.05) is 18.3 Å². The van der Waals surface area contributed by atoms with Crippen LogP contribution in [-0.2, 0) is 0 Å². The third kappa shape index (κ3) is 2.75. The standard InChI is InChI=1S/C16H18FNO2/c1-11(19)13-10-12(17)8-9-14(13)18(2)15-6-4-5-7-16(15)20-3/h4-11,19H,1-3H3. The third-order valence-electron chi connectivity index (χ3n) is 3.25. The Morgan fingerprint density at radius 1 is 1.15 bits per heavy atom. The second kappa shape index (κ2) is 5.92. The van der Waals surface area contributed by atoms with E-state index in [1.807, 2.05) is 36.2 Å². The molecule has 0 radical (unpaired) electrons. The molecule has 20 heavy (non-hydrogen) atoms. The van der Waals surface area contributed by atoms with Crippen LogP contribution in [0.3, 0.4) is 0 Å². The van der Waals surface area contributed by atoms with E-state index >= 15 is 0 Å². The highest BCUT2D eigenvalue weighted by molar-refractivity contribution is 5.71. The Bertz CT molecular complexity index is 599. The van der Waals surface area contributed by atoms with Gasteiger partial charge in [0.1, 0.15) is 11.6 Å². The van der Waals surface area contributed by atoms with E-state index < -0.39 is 6.10 Å². The zero-order valence-corrected chi connectivity index (χ0v) is 11.8. The molecule has 0 aliphatic carbocycles. The summed E-state index contributed by atoms with van der Waals surface area (Å²) in [5.74, 6) is 0.356. The topological polar surface area (TPSA) is 32.7 Å². The molecular formula is C16H18FNO2. The summed E-state index contributed by atoms with van der Waals surface area (Å²) in [6.07, 6.45) is -0.752. The van der Waals surface area contributed by atoms with Crippen LogP contribution in [0.1, 0.15) is 18.6 Å². The molecule has 2 aromatic carbocycles. The number of para-hydroxylation sites is 2. The number of benzene rings is 2. The fraction of sp³-hybridized carbons (Fsp3) is 0.250. The average molecular weight is 275 g/mol. The van der Waals surface area contributed by atoms with Crippen LogP contribution >= 0.6 is 0 Å². The molecule has 0 fully saturated rings. The minimum absolute atomic E-state index is 0.363. The summed E-state index contributed by atoms with van der Waals surface area (Å²) < 4.78 is 18.7. The minimum Gasteiger partial charge on any atom is -0.495 e. The lowest BCUT2D eigenvalue weighted by Gasteiger charge is -2.25. The summed E-state index contributed by atoms with van der Waals surface area (Å²) in [7, 11) is 3.46. The fourth-order valence-electron chi connectivity index (χ4n) is 2.20. The number of rotatable bonds is 4. The van der Waals surface area contributed by atoms with E-state index in [2.05, 4.69) is 0 Å². The lowest BCUT2D eigenvalue weighted by atomic mass is 10.1. The number of hydrogen-bond donors (Lipinski definition) is 1. The van der Waals surface area contributed by atoms with E-state index in [1.54, 1.807) is 20.1 Å². The maximum Gasteiger partial charge on any atom is 0.142 e. The van der Waals surface area contributed by atoms with Crippen LogP contribution in [0.15, 0.2) is 42.5 Å². The summed E-state index contributed by atoms with van der Waals surface area (Å²) >= 11 is 0. The van der Waals surface area contributed by atoms with Crippen molar-refractivity contribution in [3.63, 3.8) is 0 Å². The number of nitrogens with zero attached hydrogens (tertiary/aromatic N) is 1. The normalized spacial score (nSPS) is 12.1. The first kappa shape index (κ1) is 14.3. The average Bonchev–Trinajstić information content (AvgIpc) is 2.46.